The summed E-state index contributed by atoms with van der Waals surface area (Å²) in [6.45, 7) is 2.44. The van der Waals surface area contributed by atoms with E-state index in [1.165, 1.54) is 12.1 Å². The zero-order chi connectivity index (χ0) is 10.4. The van der Waals surface area contributed by atoms with Gasteiger partial charge in [-0.1, -0.05) is 0 Å². The van der Waals surface area contributed by atoms with E-state index in [-0.39, 0.29) is 18.3 Å². The van der Waals surface area contributed by atoms with Gasteiger partial charge in [-0.15, -0.1) is 0 Å². The molecule has 0 atom stereocenters. The van der Waals surface area contributed by atoms with Gasteiger partial charge in [0, 0.05) is 6.54 Å². The summed E-state index contributed by atoms with van der Waals surface area (Å²) in [5, 5.41) is 11.6. The zero-order valence-electron chi connectivity index (χ0n) is 7.99. The van der Waals surface area contributed by atoms with E-state index in [0.717, 1.165) is 0 Å². The highest BCUT2D eigenvalue weighted by molar-refractivity contribution is 5.77. The number of ether oxygens (including phenoxy) is 1. The van der Waals surface area contributed by atoms with Crippen molar-refractivity contribution >= 4 is 5.91 Å². The monoisotopic (exact) mass is 195 g/mol. The summed E-state index contributed by atoms with van der Waals surface area (Å²) in [7, 11) is 0. The molecule has 0 bridgehead atoms. The van der Waals surface area contributed by atoms with Crippen LogP contribution in [-0.4, -0.2) is 24.2 Å². The second-order valence-corrected chi connectivity index (χ2v) is 2.74. The van der Waals surface area contributed by atoms with Crippen molar-refractivity contribution in [2.45, 2.75) is 6.92 Å². The number of nitrogens with one attached hydrogen (secondary N) is 1. The third kappa shape index (κ3) is 3.35. The van der Waals surface area contributed by atoms with E-state index in [9.17, 15) is 4.79 Å². The molecule has 0 radical (unpaired) electrons. The first-order chi connectivity index (χ1) is 6.72. The number of carbonyl (C=O) groups excluding carboxylic acids is 1. The summed E-state index contributed by atoms with van der Waals surface area (Å²) in [5.41, 5.74) is 0. The van der Waals surface area contributed by atoms with Gasteiger partial charge in [-0.3, -0.25) is 4.79 Å². The number of hydrogen-bond donors (Lipinski definition) is 2. The maximum atomic E-state index is 11.0. The molecule has 0 aliphatic rings. The number of rotatable bonds is 4. The van der Waals surface area contributed by atoms with Crippen LogP contribution in [0.2, 0.25) is 0 Å². The lowest BCUT2D eigenvalue weighted by Gasteiger charge is -2.05. The lowest BCUT2D eigenvalue weighted by atomic mass is 10.3. The van der Waals surface area contributed by atoms with Gasteiger partial charge < -0.3 is 15.2 Å². The highest BCUT2D eigenvalue weighted by Crippen LogP contribution is 2.15. The Kier molecular flexibility index (Phi) is 3.79. The topological polar surface area (TPSA) is 58.6 Å². The van der Waals surface area contributed by atoms with Crippen LogP contribution >= 0.6 is 0 Å². The number of hydrogen-bond acceptors (Lipinski definition) is 3. The molecule has 0 saturated heterocycles. The van der Waals surface area contributed by atoms with Crippen molar-refractivity contribution in [2.75, 3.05) is 13.2 Å². The summed E-state index contributed by atoms with van der Waals surface area (Å²) < 4.78 is 5.15. The molecule has 0 saturated carbocycles. The van der Waals surface area contributed by atoms with Crippen LogP contribution < -0.4 is 10.1 Å². The summed E-state index contributed by atoms with van der Waals surface area (Å²) in [5.74, 6) is 0.588. The van der Waals surface area contributed by atoms with Gasteiger partial charge in [0.25, 0.3) is 5.91 Å². The van der Waals surface area contributed by atoms with Gasteiger partial charge in [0.05, 0.1) is 0 Å². The van der Waals surface area contributed by atoms with Gasteiger partial charge >= 0.3 is 0 Å². The average molecular weight is 195 g/mol. The van der Waals surface area contributed by atoms with Crippen molar-refractivity contribution in [3.63, 3.8) is 0 Å². The van der Waals surface area contributed by atoms with Gasteiger partial charge in [0.2, 0.25) is 0 Å². The van der Waals surface area contributed by atoms with Crippen molar-refractivity contribution in [1.82, 2.24) is 5.32 Å². The van der Waals surface area contributed by atoms with Crippen LogP contribution in [0.3, 0.4) is 0 Å². The molecule has 76 valence electrons. The van der Waals surface area contributed by atoms with Crippen molar-refractivity contribution in [2.24, 2.45) is 0 Å². The van der Waals surface area contributed by atoms with Crippen LogP contribution in [-0.2, 0) is 4.79 Å². The standard InChI is InChI=1S/C10H13NO3/c1-2-11-10(13)7-14-9-5-3-8(12)4-6-9/h3-6,12H,2,7H2,1H3,(H,11,13). The number of benzene rings is 1. The van der Waals surface area contributed by atoms with Gasteiger partial charge in [-0.2, -0.15) is 0 Å². The molecule has 4 nitrogen and oxygen atoms in total. The van der Waals surface area contributed by atoms with Crippen LogP contribution in [0.15, 0.2) is 24.3 Å². The largest absolute Gasteiger partial charge is 0.508 e. The lowest BCUT2D eigenvalue weighted by molar-refractivity contribution is -0.122. The molecule has 0 fully saturated rings. The highest BCUT2D eigenvalue weighted by Gasteiger charge is 2.00. The molecule has 4 heteroatoms. The lowest BCUT2D eigenvalue weighted by Crippen LogP contribution is -2.28. The molecule has 14 heavy (non-hydrogen) atoms. The van der Waals surface area contributed by atoms with Crippen LogP contribution in [0.1, 0.15) is 6.92 Å². The number of carbonyl (C=O) groups is 1. The fourth-order valence-electron chi connectivity index (χ4n) is 0.939. The summed E-state index contributed by atoms with van der Waals surface area (Å²) >= 11 is 0. The molecule has 1 aromatic carbocycles. The van der Waals surface area contributed by atoms with Crippen molar-refractivity contribution in [3.8, 4) is 11.5 Å². The molecular weight excluding hydrogens is 182 g/mol. The maximum Gasteiger partial charge on any atom is 0.257 e. The highest BCUT2D eigenvalue weighted by atomic mass is 16.5. The number of amides is 1. The van der Waals surface area contributed by atoms with Gasteiger partial charge in [0.1, 0.15) is 11.5 Å². The fraction of sp³-hybridized carbons (Fsp3) is 0.300. The summed E-state index contributed by atoms with van der Waals surface area (Å²) in [6.07, 6.45) is 0. The molecule has 2 N–H and O–H groups in total. The molecule has 1 rings (SSSR count). The van der Waals surface area contributed by atoms with Gasteiger partial charge in [0.15, 0.2) is 6.61 Å². The van der Waals surface area contributed by atoms with Crippen LogP contribution in [0.5, 0.6) is 11.5 Å². The number of likely N-dealkylation sites (N-methyl/N-ethyl adjacent to an activating group) is 1. The van der Waals surface area contributed by atoms with Gasteiger partial charge in [-0.25, -0.2) is 0 Å². The molecule has 0 aliphatic carbocycles. The molecule has 0 aromatic heterocycles. The molecule has 1 aromatic rings. The van der Waals surface area contributed by atoms with E-state index < -0.39 is 0 Å². The zero-order valence-corrected chi connectivity index (χ0v) is 7.99. The van der Waals surface area contributed by atoms with Crippen molar-refractivity contribution in [3.05, 3.63) is 24.3 Å². The van der Waals surface area contributed by atoms with Crippen LogP contribution in [0.4, 0.5) is 0 Å². The van der Waals surface area contributed by atoms with Crippen LogP contribution in [0, 0.1) is 0 Å². The first-order valence-corrected chi connectivity index (χ1v) is 4.41. The van der Waals surface area contributed by atoms with Crippen LogP contribution in [0.25, 0.3) is 0 Å². The Morgan fingerprint density at radius 2 is 2.07 bits per heavy atom. The predicted octanol–water partition coefficient (Wildman–Crippen LogP) is 0.907. The normalized spacial score (nSPS) is 9.50. The minimum Gasteiger partial charge on any atom is -0.508 e. The first-order valence-electron chi connectivity index (χ1n) is 4.41. The smallest absolute Gasteiger partial charge is 0.257 e. The minimum absolute atomic E-state index is 0.00137. The molecule has 1 amide bonds. The first kappa shape index (κ1) is 10.4. The maximum absolute atomic E-state index is 11.0. The second kappa shape index (κ2) is 5.11. The van der Waals surface area contributed by atoms with Crippen molar-refractivity contribution < 1.29 is 14.6 Å². The van der Waals surface area contributed by atoms with E-state index >= 15 is 0 Å². The minimum atomic E-state index is -0.152. The Morgan fingerprint density at radius 3 is 2.64 bits per heavy atom. The third-order valence-electron chi connectivity index (χ3n) is 1.58. The Morgan fingerprint density at radius 1 is 1.43 bits per heavy atom. The van der Waals surface area contributed by atoms with E-state index in [1.807, 2.05) is 6.92 Å². The number of phenolic OH excluding ortho intramolecular Hbond substituents is 1. The third-order valence-corrected chi connectivity index (χ3v) is 1.58. The van der Waals surface area contributed by atoms with E-state index in [0.29, 0.717) is 12.3 Å². The molecule has 0 heterocycles. The Hall–Kier alpha value is -1.71. The van der Waals surface area contributed by atoms with E-state index in [4.69, 9.17) is 9.84 Å². The van der Waals surface area contributed by atoms with Gasteiger partial charge in [-0.05, 0) is 31.2 Å². The number of phenols is 1. The molecule has 0 unspecified atom stereocenters. The molecule has 0 spiro atoms. The second-order valence-electron chi connectivity index (χ2n) is 2.74. The van der Waals surface area contributed by atoms with E-state index in [2.05, 4.69) is 5.32 Å². The Bertz CT molecular complexity index is 295. The molecule has 0 aliphatic heterocycles. The quantitative estimate of drug-likeness (QED) is 0.750. The van der Waals surface area contributed by atoms with E-state index in [1.54, 1.807) is 12.1 Å². The summed E-state index contributed by atoms with van der Waals surface area (Å²) in [4.78, 5) is 11.0. The molecular formula is C10H13NO3. The SMILES string of the molecule is CCNC(=O)COc1ccc(O)cc1. The summed E-state index contributed by atoms with van der Waals surface area (Å²) in [6, 6.07) is 6.23. The Labute approximate surface area is 82.5 Å². The average Bonchev–Trinajstić information content (AvgIpc) is 2.17. The fourth-order valence-corrected chi connectivity index (χ4v) is 0.939. The Balaban J connectivity index is 2.38. The predicted molar refractivity (Wildman–Crippen MR) is 52.3 cm³/mol. The number of aromatic hydroxyl groups is 1. The van der Waals surface area contributed by atoms with Crippen molar-refractivity contribution in [1.29, 1.82) is 0 Å².